The van der Waals surface area contributed by atoms with Crippen LogP contribution in [0.3, 0.4) is 0 Å². The second kappa shape index (κ2) is 6.92. The zero-order valence-electron chi connectivity index (χ0n) is 12.7. The van der Waals surface area contributed by atoms with E-state index < -0.39 is 18.1 Å². The standard InChI is InChI=1S/C14H26N2O4/c1-9(2)6-15(7-10(3)4)14(20)16-8-11(17)5-12(16)13(18)19/h9-12,17H,5-8H2,1-4H3,(H,18,19)/t11-,12-/m1/s1. The molecule has 6 nitrogen and oxygen atoms in total. The molecule has 1 aliphatic rings. The molecule has 2 N–H and O–H groups in total. The smallest absolute Gasteiger partial charge is 0.326 e. The number of amides is 2. The van der Waals surface area contributed by atoms with Gasteiger partial charge in [0.2, 0.25) is 0 Å². The maximum atomic E-state index is 12.6. The quantitative estimate of drug-likeness (QED) is 0.796. The highest BCUT2D eigenvalue weighted by molar-refractivity contribution is 5.83. The Hall–Kier alpha value is -1.30. The first-order valence-corrected chi connectivity index (χ1v) is 7.18. The van der Waals surface area contributed by atoms with Gasteiger partial charge < -0.3 is 20.0 Å². The van der Waals surface area contributed by atoms with Crippen LogP contribution in [0.4, 0.5) is 4.79 Å². The molecule has 0 aromatic carbocycles. The van der Waals surface area contributed by atoms with E-state index in [1.165, 1.54) is 4.90 Å². The van der Waals surface area contributed by atoms with Crippen LogP contribution in [0.1, 0.15) is 34.1 Å². The third-order valence-corrected chi connectivity index (χ3v) is 3.25. The molecule has 0 radical (unpaired) electrons. The maximum absolute atomic E-state index is 12.6. The lowest BCUT2D eigenvalue weighted by molar-refractivity contribution is -0.141. The van der Waals surface area contributed by atoms with Crippen molar-refractivity contribution < 1.29 is 19.8 Å². The van der Waals surface area contributed by atoms with Crippen molar-refractivity contribution in [1.82, 2.24) is 9.80 Å². The van der Waals surface area contributed by atoms with Crippen LogP contribution in [0.15, 0.2) is 0 Å². The molecule has 1 rings (SSSR count). The molecule has 0 unspecified atom stereocenters. The van der Waals surface area contributed by atoms with E-state index in [-0.39, 0.29) is 19.0 Å². The summed E-state index contributed by atoms with van der Waals surface area (Å²) in [7, 11) is 0. The van der Waals surface area contributed by atoms with Crippen molar-refractivity contribution in [3.8, 4) is 0 Å². The Morgan fingerprint density at radius 3 is 2.10 bits per heavy atom. The molecule has 2 atom stereocenters. The number of rotatable bonds is 5. The second-order valence-corrected chi connectivity index (χ2v) is 6.37. The first kappa shape index (κ1) is 16.8. The molecule has 0 bridgehead atoms. The number of carbonyl (C=O) groups is 2. The van der Waals surface area contributed by atoms with E-state index in [0.717, 1.165) is 0 Å². The predicted octanol–water partition coefficient (Wildman–Crippen LogP) is 1.24. The molecular weight excluding hydrogens is 260 g/mol. The van der Waals surface area contributed by atoms with Crippen molar-refractivity contribution in [2.45, 2.75) is 46.3 Å². The van der Waals surface area contributed by atoms with Crippen LogP contribution < -0.4 is 0 Å². The lowest BCUT2D eigenvalue weighted by Gasteiger charge is -2.32. The van der Waals surface area contributed by atoms with E-state index in [1.807, 2.05) is 27.7 Å². The van der Waals surface area contributed by atoms with Gasteiger partial charge in [-0.1, -0.05) is 27.7 Å². The topological polar surface area (TPSA) is 81.1 Å². The molecule has 20 heavy (non-hydrogen) atoms. The zero-order chi connectivity index (χ0) is 15.4. The number of aliphatic hydroxyl groups excluding tert-OH is 1. The number of carboxylic acid groups (broad SMARTS) is 1. The number of hydrogen-bond donors (Lipinski definition) is 2. The maximum Gasteiger partial charge on any atom is 0.326 e. The fourth-order valence-corrected chi connectivity index (χ4v) is 2.55. The number of urea groups is 1. The Kier molecular flexibility index (Phi) is 5.80. The highest BCUT2D eigenvalue weighted by Gasteiger charge is 2.40. The van der Waals surface area contributed by atoms with Crippen LogP contribution >= 0.6 is 0 Å². The van der Waals surface area contributed by atoms with Gasteiger partial charge in [-0.3, -0.25) is 0 Å². The van der Waals surface area contributed by atoms with Crippen LogP contribution in [0.5, 0.6) is 0 Å². The van der Waals surface area contributed by atoms with Crippen LogP contribution in [-0.2, 0) is 4.79 Å². The van der Waals surface area contributed by atoms with Crippen LogP contribution in [-0.4, -0.2) is 63.8 Å². The number of β-amino-alcohol motifs (C(OH)–C–C–N with tert-alkyl or cyclic N) is 1. The average Bonchev–Trinajstić information content (AvgIpc) is 2.68. The molecule has 0 saturated carbocycles. The van der Waals surface area contributed by atoms with Gasteiger partial charge in [0.1, 0.15) is 6.04 Å². The summed E-state index contributed by atoms with van der Waals surface area (Å²) in [4.78, 5) is 26.7. The highest BCUT2D eigenvalue weighted by Crippen LogP contribution is 2.21. The second-order valence-electron chi connectivity index (χ2n) is 6.37. The molecule has 0 aliphatic carbocycles. The third kappa shape index (κ3) is 4.37. The van der Waals surface area contributed by atoms with Gasteiger partial charge in [-0.15, -0.1) is 0 Å². The number of carbonyl (C=O) groups excluding carboxylic acids is 1. The van der Waals surface area contributed by atoms with E-state index in [2.05, 4.69) is 0 Å². The highest BCUT2D eigenvalue weighted by atomic mass is 16.4. The van der Waals surface area contributed by atoms with Crippen LogP contribution in [0.2, 0.25) is 0 Å². The lowest BCUT2D eigenvalue weighted by Crippen LogP contribution is -2.50. The summed E-state index contributed by atoms with van der Waals surface area (Å²) in [5.74, 6) is -0.425. The van der Waals surface area contributed by atoms with Gasteiger partial charge in [-0.25, -0.2) is 9.59 Å². The number of hydrogen-bond acceptors (Lipinski definition) is 3. The van der Waals surface area contributed by atoms with Crippen molar-refractivity contribution in [3.63, 3.8) is 0 Å². The first-order chi connectivity index (χ1) is 9.22. The molecule has 6 heteroatoms. The lowest BCUT2D eigenvalue weighted by atomic mass is 10.1. The molecule has 1 fully saturated rings. The molecule has 0 aromatic heterocycles. The van der Waals surface area contributed by atoms with E-state index >= 15 is 0 Å². The molecule has 1 aliphatic heterocycles. The Morgan fingerprint density at radius 2 is 1.70 bits per heavy atom. The first-order valence-electron chi connectivity index (χ1n) is 7.18. The van der Waals surface area contributed by atoms with Crippen LogP contribution in [0.25, 0.3) is 0 Å². The monoisotopic (exact) mass is 286 g/mol. The molecule has 1 heterocycles. The number of likely N-dealkylation sites (tertiary alicyclic amines) is 1. The summed E-state index contributed by atoms with van der Waals surface area (Å²) in [6.07, 6.45) is -0.641. The van der Waals surface area contributed by atoms with E-state index in [9.17, 15) is 19.8 Å². The summed E-state index contributed by atoms with van der Waals surface area (Å²) in [6, 6.07) is -1.20. The van der Waals surface area contributed by atoms with Gasteiger partial charge in [0.15, 0.2) is 0 Å². The normalized spacial score (nSPS) is 22.6. The Labute approximate surface area is 120 Å². The largest absolute Gasteiger partial charge is 0.480 e. The summed E-state index contributed by atoms with van der Waals surface area (Å²) in [5, 5.41) is 18.8. The fourth-order valence-electron chi connectivity index (χ4n) is 2.55. The molecule has 2 amide bonds. The number of carboxylic acids is 1. The van der Waals surface area contributed by atoms with Gasteiger partial charge >= 0.3 is 12.0 Å². The fraction of sp³-hybridized carbons (Fsp3) is 0.857. The van der Waals surface area contributed by atoms with Gasteiger partial charge in [0, 0.05) is 26.1 Å². The van der Waals surface area contributed by atoms with Gasteiger partial charge in [0.25, 0.3) is 0 Å². The summed E-state index contributed by atoms with van der Waals surface area (Å²) in [6.45, 7) is 9.37. The minimum Gasteiger partial charge on any atom is -0.480 e. The number of aliphatic carboxylic acids is 1. The molecule has 0 spiro atoms. The Balaban J connectivity index is 2.84. The Morgan fingerprint density at radius 1 is 1.20 bits per heavy atom. The average molecular weight is 286 g/mol. The molecular formula is C14H26N2O4. The van der Waals surface area contributed by atoms with Crippen molar-refractivity contribution in [3.05, 3.63) is 0 Å². The van der Waals surface area contributed by atoms with Crippen molar-refractivity contribution in [2.24, 2.45) is 11.8 Å². The van der Waals surface area contributed by atoms with Crippen LogP contribution in [0, 0.1) is 11.8 Å². The summed E-state index contributed by atoms with van der Waals surface area (Å²) >= 11 is 0. The summed E-state index contributed by atoms with van der Waals surface area (Å²) in [5.41, 5.74) is 0. The molecule has 116 valence electrons. The van der Waals surface area contributed by atoms with Crippen molar-refractivity contribution >= 4 is 12.0 Å². The van der Waals surface area contributed by atoms with Crippen molar-refractivity contribution in [2.75, 3.05) is 19.6 Å². The predicted molar refractivity (Wildman–Crippen MR) is 75.4 cm³/mol. The van der Waals surface area contributed by atoms with Gasteiger partial charge in [0.05, 0.1) is 6.10 Å². The van der Waals surface area contributed by atoms with Crippen molar-refractivity contribution in [1.29, 1.82) is 0 Å². The zero-order valence-corrected chi connectivity index (χ0v) is 12.7. The SMILES string of the molecule is CC(C)CN(CC(C)C)C(=O)N1C[C@H](O)C[C@@H]1C(=O)O. The molecule has 1 saturated heterocycles. The summed E-state index contributed by atoms with van der Waals surface area (Å²) < 4.78 is 0. The molecule has 0 aromatic rings. The van der Waals surface area contributed by atoms with Gasteiger partial charge in [-0.05, 0) is 11.8 Å². The minimum atomic E-state index is -1.05. The van der Waals surface area contributed by atoms with E-state index in [1.54, 1.807) is 4.90 Å². The Bertz CT molecular complexity index is 347. The van der Waals surface area contributed by atoms with E-state index in [0.29, 0.717) is 24.9 Å². The minimum absolute atomic E-state index is 0.0997. The third-order valence-electron chi connectivity index (χ3n) is 3.25. The number of nitrogens with zero attached hydrogens (tertiary/aromatic N) is 2. The number of aliphatic hydroxyl groups is 1. The van der Waals surface area contributed by atoms with Gasteiger partial charge in [-0.2, -0.15) is 0 Å². The van der Waals surface area contributed by atoms with E-state index in [4.69, 9.17) is 0 Å².